The molecule has 120 valence electrons. The average molecular weight is 319 g/mol. The first-order valence-corrected chi connectivity index (χ1v) is 7.58. The zero-order valence-electron chi connectivity index (χ0n) is 13.5. The summed E-state index contributed by atoms with van der Waals surface area (Å²) in [5, 5.41) is 6.94. The highest BCUT2D eigenvalue weighted by molar-refractivity contribution is 6.05. The maximum absolute atomic E-state index is 12.3. The summed E-state index contributed by atoms with van der Waals surface area (Å²) in [7, 11) is 0. The molecule has 0 radical (unpaired) electrons. The molecule has 5 heteroatoms. The van der Waals surface area contributed by atoms with Crippen molar-refractivity contribution in [2.45, 2.75) is 13.8 Å². The maximum Gasteiger partial charge on any atom is 0.278 e. The largest absolute Gasteiger partial charge is 0.322 e. The Morgan fingerprint density at radius 3 is 2.29 bits per heavy atom. The van der Waals surface area contributed by atoms with Gasteiger partial charge in [-0.15, -0.1) is 0 Å². The minimum Gasteiger partial charge on any atom is -0.322 e. The molecule has 3 aromatic rings. The van der Waals surface area contributed by atoms with Crippen molar-refractivity contribution in [1.82, 2.24) is 9.78 Å². The van der Waals surface area contributed by atoms with Crippen LogP contribution in [0.25, 0.3) is 0 Å². The van der Waals surface area contributed by atoms with Crippen molar-refractivity contribution in [2.75, 3.05) is 5.32 Å². The fraction of sp³-hybridized carbons (Fsp3) is 0.105. The number of carbonyl (C=O) groups is 2. The molecule has 0 aliphatic carbocycles. The van der Waals surface area contributed by atoms with Crippen LogP contribution in [-0.4, -0.2) is 21.6 Å². The van der Waals surface area contributed by atoms with Crippen molar-refractivity contribution in [3.8, 4) is 0 Å². The molecule has 24 heavy (non-hydrogen) atoms. The van der Waals surface area contributed by atoms with Gasteiger partial charge in [-0.05, 0) is 55.8 Å². The number of carbonyl (C=O) groups excluding carboxylic acids is 2. The summed E-state index contributed by atoms with van der Waals surface area (Å²) in [6.45, 7) is 3.72. The number of hydrogen-bond donors (Lipinski definition) is 1. The molecule has 0 aliphatic rings. The van der Waals surface area contributed by atoms with Crippen LogP contribution in [0.4, 0.5) is 5.69 Å². The van der Waals surface area contributed by atoms with Crippen molar-refractivity contribution in [3.05, 3.63) is 83.2 Å². The van der Waals surface area contributed by atoms with Gasteiger partial charge in [0.25, 0.3) is 11.8 Å². The first-order chi connectivity index (χ1) is 11.5. The second-order valence-electron chi connectivity index (χ2n) is 5.55. The van der Waals surface area contributed by atoms with Gasteiger partial charge in [-0.2, -0.15) is 5.10 Å². The topological polar surface area (TPSA) is 64.0 Å². The molecule has 0 spiro atoms. The van der Waals surface area contributed by atoms with Crippen LogP contribution in [0.1, 0.15) is 32.0 Å². The molecule has 0 bridgehead atoms. The first-order valence-electron chi connectivity index (χ1n) is 7.58. The van der Waals surface area contributed by atoms with E-state index in [9.17, 15) is 9.59 Å². The number of nitrogens with one attached hydrogen (secondary N) is 1. The van der Waals surface area contributed by atoms with E-state index in [0.29, 0.717) is 16.8 Å². The van der Waals surface area contributed by atoms with Crippen molar-refractivity contribution in [3.63, 3.8) is 0 Å². The highest BCUT2D eigenvalue weighted by atomic mass is 16.2. The number of benzene rings is 2. The van der Waals surface area contributed by atoms with E-state index in [2.05, 4.69) is 10.4 Å². The lowest BCUT2D eigenvalue weighted by atomic mass is 10.1. The third-order valence-electron chi connectivity index (χ3n) is 3.71. The van der Waals surface area contributed by atoms with Gasteiger partial charge in [0.05, 0.1) is 5.69 Å². The number of rotatable bonds is 3. The lowest BCUT2D eigenvalue weighted by Gasteiger charge is -2.08. The monoisotopic (exact) mass is 319 g/mol. The van der Waals surface area contributed by atoms with Gasteiger partial charge in [0, 0.05) is 23.0 Å². The van der Waals surface area contributed by atoms with Crippen molar-refractivity contribution >= 4 is 17.5 Å². The molecule has 0 saturated heterocycles. The lowest BCUT2D eigenvalue weighted by Crippen LogP contribution is -2.14. The molecule has 0 saturated carbocycles. The summed E-state index contributed by atoms with van der Waals surface area (Å²) in [4.78, 5) is 24.6. The SMILES string of the molecule is Cc1ccn(C(=O)c2ccc(NC(=O)c3ccccc3C)cc2)n1. The summed E-state index contributed by atoms with van der Waals surface area (Å²) in [6, 6.07) is 15.9. The molecular weight excluding hydrogens is 302 g/mol. The van der Waals surface area contributed by atoms with Crippen LogP contribution < -0.4 is 5.32 Å². The van der Waals surface area contributed by atoms with Crippen LogP contribution >= 0.6 is 0 Å². The number of nitrogens with zero attached hydrogens (tertiary/aromatic N) is 2. The normalized spacial score (nSPS) is 10.4. The van der Waals surface area contributed by atoms with E-state index in [-0.39, 0.29) is 11.8 Å². The summed E-state index contributed by atoms with van der Waals surface area (Å²) >= 11 is 0. The molecule has 0 fully saturated rings. The molecule has 1 aromatic heterocycles. The molecule has 2 aromatic carbocycles. The van der Waals surface area contributed by atoms with Gasteiger partial charge in [-0.25, -0.2) is 4.68 Å². The maximum atomic E-state index is 12.3. The molecule has 1 amide bonds. The summed E-state index contributed by atoms with van der Waals surface area (Å²) in [5.74, 6) is -0.380. The Labute approximate surface area is 139 Å². The minimum absolute atomic E-state index is 0.171. The Kier molecular flexibility index (Phi) is 4.24. The van der Waals surface area contributed by atoms with Crippen LogP contribution in [0, 0.1) is 13.8 Å². The van der Waals surface area contributed by atoms with E-state index >= 15 is 0 Å². The highest BCUT2D eigenvalue weighted by Gasteiger charge is 2.11. The molecule has 5 nitrogen and oxygen atoms in total. The molecule has 0 unspecified atom stereocenters. The Hall–Kier alpha value is -3.21. The first kappa shape index (κ1) is 15.7. The van der Waals surface area contributed by atoms with Gasteiger partial charge in [-0.3, -0.25) is 9.59 Å². The van der Waals surface area contributed by atoms with E-state index < -0.39 is 0 Å². The van der Waals surface area contributed by atoms with Crippen LogP contribution in [-0.2, 0) is 0 Å². The predicted molar refractivity (Wildman–Crippen MR) is 92.3 cm³/mol. The van der Waals surface area contributed by atoms with Gasteiger partial charge in [0.1, 0.15) is 0 Å². The average Bonchev–Trinajstić information content (AvgIpc) is 3.02. The van der Waals surface area contributed by atoms with Crippen LogP contribution in [0.15, 0.2) is 60.8 Å². The summed E-state index contributed by atoms with van der Waals surface area (Å²) in [6.07, 6.45) is 1.63. The van der Waals surface area contributed by atoms with E-state index in [1.165, 1.54) is 4.68 Å². The van der Waals surface area contributed by atoms with Gasteiger partial charge < -0.3 is 5.32 Å². The second-order valence-corrected chi connectivity index (χ2v) is 5.55. The van der Waals surface area contributed by atoms with Gasteiger partial charge >= 0.3 is 0 Å². The Balaban J connectivity index is 1.74. The van der Waals surface area contributed by atoms with E-state index in [0.717, 1.165) is 11.3 Å². The molecule has 0 aliphatic heterocycles. The fourth-order valence-electron chi connectivity index (χ4n) is 2.38. The van der Waals surface area contributed by atoms with Crippen molar-refractivity contribution in [1.29, 1.82) is 0 Å². The quantitative estimate of drug-likeness (QED) is 0.804. The predicted octanol–water partition coefficient (Wildman–Crippen LogP) is 3.44. The standard InChI is InChI=1S/C19H17N3O2/c1-13-5-3-4-6-17(13)18(23)20-16-9-7-15(8-10-16)19(24)22-12-11-14(2)21-22/h3-12H,1-2H3,(H,20,23). The van der Waals surface area contributed by atoms with E-state index in [4.69, 9.17) is 0 Å². The number of hydrogen-bond acceptors (Lipinski definition) is 3. The Bertz CT molecular complexity index is 895. The molecule has 0 atom stereocenters. The van der Waals surface area contributed by atoms with Gasteiger partial charge in [0.2, 0.25) is 0 Å². The Morgan fingerprint density at radius 2 is 1.67 bits per heavy atom. The molecule has 1 N–H and O–H groups in total. The molecule has 1 heterocycles. The number of aryl methyl sites for hydroxylation is 2. The zero-order valence-corrected chi connectivity index (χ0v) is 13.5. The van der Waals surface area contributed by atoms with Crippen LogP contribution in [0.2, 0.25) is 0 Å². The Morgan fingerprint density at radius 1 is 0.958 bits per heavy atom. The number of amides is 1. The van der Waals surface area contributed by atoms with Crippen molar-refractivity contribution in [2.24, 2.45) is 0 Å². The second kappa shape index (κ2) is 6.50. The smallest absolute Gasteiger partial charge is 0.278 e. The molecule has 3 rings (SSSR count). The lowest BCUT2D eigenvalue weighted by molar-refractivity contribution is 0.0944. The third-order valence-corrected chi connectivity index (χ3v) is 3.71. The summed E-state index contributed by atoms with van der Waals surface area (Å²) in [5.41, 5.74) is 3.47. The number of anilines is 1. The van der Waals surface area contributed by atoms with Gasteiger partial charge in [0.15, 0.2) is 0 Å². The zero-order chi connectivity index (χ0) is 17.1. The van der Waals surface area contributed by atoms with E-state index in [1.54, 1.807) is 42.6 Å². The highest BCUT2D eigenvalue weighted by Crippen LogP contribution is 2.14. The van der Waals surface area contributed by atoms with Gasteiger partial charge in [-0.1, -0.05) is 18.2 Å². The van der Waals surface area contributed by atoms with E-state index in [1.807, 2.05) is 32.0 Å². The van der Waals surface area contributed by atoms with Crippen LogP contribution in [0.3, 0.4) is 0 Å². The fourth-order valence-corrected chi connectivity index (χ4v) is 2.38. The molecular formula is C19H17N3O2. The number of aromatic nitrogens is 2. The summed E-state index contributed by atoms with van der Waals surface area (Å²) < 4.78 is 1.30. The van der Waals surface area contributed by atoms with Crippen LogP contribution in [0.5, 0.6) is 0 Å². The minimum atomic E-state index is -0.208. The third kappa shape index (κ3) is 3.25. The van der Waals surface area contributed by atoms with Crippen molar-refractivity contribution < 1.29 is 9.59 Å².